The van der Waals surface area contributed by atoms with Gasteiger partial charge in [-0.1, -0.05) is 118 Å². The van der Waals surface area contributed by atoms with Crippen molar-refractivity contribution in [1.29, 1.82) is 0 Å². The Bertz CT molecular complexity index is 4450. The maximum atomic E-state index is 12.9. The van der Waals surface area contributed by atoms with Crippen LogP contribution in [0, 0.1) is 6.57 Å². The van der Waals surface area contributed by atoms with E-state index >= 15 is 0 Å². The van der Waals surface area contributed by atoms with Crippen molar-refractivity contribution in [2.45, 2.75) is 35.9 Å². The summed E-state index contributed by atoms with van der Waals surface area (Å²) >= 11 is 9.52. The highest BCUT2D eigenvalue weighted by Crippen LogP contribution is 2.43. The zero-order chi connectivity index (χ0) is 68.6. The molecule has 0 unspecified atom stereocenters. The van der Waals surface area contributed by atoms with Gasteiger partial charge in [0.05, 0.1) is 62.9 Å². The van der Waals surface area contributed by atoms with Crippen LogP contribution in [0.5, 0.6) is 0 Å². The standard InChI is InChI=1S/C19H18F3N5.C19H18N6.C18H18BrN5.C17H17ClN6.4CH4/c20-19(21,22)15-3-1-14(2-4-15)17-16(13-5-7-23-8-6-13)18(26-25-17)27-11-9-24-10-12-27;1-20-16-4-2-15(3-5-16)18-17(14-6-8-21-9-7-14)19(24-23-18)25-12-10-22-11-13-25;19-15-3-1-14(2-4-15)17-16(13-5-7-20-8-6-13)18(23-22-17)24-11-9-21-10-12-24;18-13-3-1-12(2-4-13)16-15(14-5-6-20-11-21-14)17(23-22-16)24-9-7-19-8-10-24;;;;/h1-8,24H,9-12H2,(H,25,26);2-9,22H,10-13H2,(H,23,24);1-8,21H,9-12H2,(H,22,23);1-6,11,19H,7-10H2,(H,22,23);4*1H4. The van der Waals surface area contributed by atoms with Crippen molar-refractivity contribution >= 4 is 56.5 Å². The topological polar surface area (TPSA) is 245 Å². The molecule has 0 amide bonds. The quantitative estimate of drug-likeness (QED) is 0.0530. The molecule has 0 radical (unpaired) electrons. The molecule has 4 aliphatic heterocycles. The fraction of sp³-hybridized carbons (Fsp3) is 0.273. The van der Waals surface area contributed by atoms with Crippen molar-refractivity contribution in [3.05, 3.63) is 216 Å². The van der Waals surface area contributed by atoms with Crippen LogP contribution in [-0.2, 0) is 6.18 Å². The monoisotopic (exact) mass is 1490 g/mol. The van der Waals surface area contributed by atoms with Crippen molar-refractivity contribution in [2.24, 2.45) is 0 Å². The van der Waals surface area contributed by atoms with E-state index in [1.165, 1.54) is 12.1 Å². The Hall–Kier alpha value is -10.7. The number of hydrogen-bond donors (Lipinski definition) is 8. The highest BCUT2D eigenvalue weighted by molar-refractivity contribution is 9.10. The Morgan fingerprint density at radius 1 is 0.375 bits per heavy atom. The molecule has 16 rings (SSSR count). The van der Waals surface area contributed by atoms with Crippen molar-refractivity contribution in [1.82, 2.24) is 87.0 Å². The van der Waals surface area contributed by atoms with Crippen LogP contribution in [-0.4, -0.2) is 170 Å². The maximum Gasteiger partial charge on any atom is 0.416 e. The molecule has 104 heavy (non-hydrogen) atoms. The second-order valence-electron chi connectivity index (χ2n) is 23.7. The summed E-state index contributed by atoms with van der Waals surface area (Å²) in [7, 11) is 0. The van der Waals surface area contributed by atoms with Gasteiger partial charge < -0.3 is 40.9 Å². The molecule has 0 atom stereocenters. The van der Waals surface area contributed by atoms with Crippen LogP contribution in [0.1, 0.15) is 35.3 Å². The van der Waals surface area contributed by atoms with Crippen LogP contribution in [0.4, 0.5) is 42.1 Å². The van der Waals surface area contributed by atoms with Gasteiger partial charge >= 0.3 is 6.18 Å². The van der Waals surface area contributed by atoms with Crippen molar-refractivity contribution in [3.8, 4) is 89.7 Å². The van der Waals surface area contributed by atoms with Gasteiger partial charge in [0.25, 0.3) is 0 Å². The Balaban J connectivity index is 0.000000159. The Morgan fingerprint density at radius 2 is 0.673 bits per heavy atom. The lowest BCUT2D eigenvalue weighted by molar-refractivity contribution is -0.137. The molecule has 4 saturated heterocycles. The normalized spacial score (nSPS) is 14.2. The van der Waals surface area contributed by atoms with E-state index in [0.29, 0.717) is 22.0 Å². The smallest absolute Gasteiger partial charge is 0.352 e. The van der Waals surface area contributed by atoms with Gasteiger partial charge in [0.1, 0.15) is 6.33 Å². The van der Waals surface area contributed by atoms with E-state index in [1.54, 1.807) is 37.3 Å². The van der Waals surface area contributed by atoms with Crippen LogP contribution < -0.4 is 40.9 Å². The van der Waals surface area contributed by atoms with E-state index in [2.05, 4.69) is 152 Å². The maximum absolute atomic E-state index is 12.9. The number of aromatic nitrogens is 13. The van der Waals surface area contributed by atoms with Crippen molar-refractivity contribution < 1.29 is 13.2 Å². The van der Waals surface area contributed by atoms with E-state index in [-0.39, 0.29) is 29.7 Å². The van der Waals surface area contributed by atoms with Crippen LogP contribution in [0.25, 0.3) is 94.5 Å². The molecular weight excluding hydrogens is 1410 g/mol. The first kappa shape index (κ1) is 77.5. The van der Waals surface area contributed by atoms with E-state index in [4.69, 9.17) is 18.2 Å². The molecule has 0 saturated carbocycles. The summed E-state index contributed by atoms with van der Waals surface area (Å²) in [4.78, 5) is 33.4. The molecule has 12 heterocycles. The molecule has 8 N–H and O–H groups in total. The molecule has 22 nitrogen and oxygen atoms in total. The number of halogens is 5. The van der Waals surface area contributed by atoms with Crippen LogP contribution in [0.3, 0.4) is 0 Å². The van der Waals surface area contributed by atoms with Crippen molar-refractivity contribution in [2.75, 3.05) is 124 Å². The number of anilines is 4. The average molecular weight is 1490 g/mol. The van der Waals surface area contributed by atoms with Gasteiger partial charge in [-0.25, -0.2) is 14.8 Å². The van der Waals surface area contributed by atoms with E-state index in [9.17, 15) is 13.2 Å². The molecule has 4 fully saturated rings. The van der Waals surface area contributed by atoms with Gasteiger partial charge in [-0.3, -0.25) is 35.3 Å². The summed E-state index contributed by atoms with van der Waals surface area (Å²) in [6.07, 6.45) is 9.61. The molecule has 0 spiro atoms. The molecule has 4 aromatic carbocycles. The average Bonchev–Trinajstić information content (AvgIpc) is 1.67. The first-order valence-electron chi connectivity index (χ1n) is 32.9. The zero-order valence-electron chi connectivity index (χ0n) is 54.4. The lowest BCUT2D eigenvalue weighted by atomic mass is 10.00. The third-order valence-corrected chi connectivity index (χ3v) is 18.2. The number of hydrogen-bond acceptors (Lipinski definition) is 17. The third-order valence-electron chi connectivity index (χ3n) is 17.5. The zero-order valence-corrected chi connectivity index (χ0v) is 56.7. The van der Waals surface area contributed by atoms with Gasteiger partial charge in [0, 0.05) is 174 Å². The van der Waals surface area contributed by atoms with Crippen LogP contribution >= 0.6 is 27.5 Å². The molecule has 27 heteroatoms. The first-order chi connectivity index (χ1) is 49.1. The summed E-state index contributed by atoms with van der Waals surface area (Å²) in [6, 6.07) is 42.6. The number of benzene rings is 4. The molecule has 8 aromatic heterocycles. The first-order valence-corrected chi connectivity index (χ1v) is 34.0. The molecule has 540 valence electrons. The SMILES string of the molecule is Brc1ccc(-c2[nH]nc(N3CCNCC3)c2-c2ccncc2)cc1.C.C.C.C.Clc1ccc(-c2[nH]nc(N3CCNCC3)c2-c2ccncn2)cc1.FC(F)(F)c1ccc(-c2[nH]nc(N3CCNCC3)c2-c2ccncc2)cc1.[C-]#[N+]c1ccc(-c2[nH]nc(N3CCNCC3)c2-c2ccncc2)cc1. The van der Waals surface area contributed by atoms with Gasteiger partial charge in [0.15, 0.2) is 29.0 Å². The van der Waals surface area contributed by atoms with Gasteiger partial charge in [-0.05, 0) is 101 Å². The van der Waals surface area contributed by atoms with Crippen LogP contribution in [0.2, 0.25) is 5.02 Å². The summed E-state index contributed by atoms with van der Waals surface area (Å²) in [6.45, 7) is 21.9. The second kappa shape index (κ2) is 37.0. The minimum atomic E-state index is -4.35. The van der Waals surface area contributed by atoms with Gasteiger partial charge in [0.2, 0.25) is 0 Å². The molecule has 12 aromatic rings. The lowest BCUT2D eigenvalue weighted by Crippen LogP contribution is -2.43. The lowest BCUT2D eigenvalue weighted by Gasteiger charge is -2.28. The number of rotatable bonds is 12. The highest BCUT2D eigenvalue weighted by Gasteiger charge is 2.32. The third kappa shape index (κ3) is 18.4. The number of nitrogens with one attached hydrogen (secondary N) is 8. The summed E-state index contributed by atoms with van der Waals surface area (Å²) in [5, 5.41) is 45.2. The molecular formula is C77H87BrClF3N22. The number of piperazine rings is 4. The summed E-state index contributed by atoms with van der Waals surface area (Å²) < 4.78 is 39.7. The van der Waals surface area contributed by atoms with Crippen LogP contribution in [0.15, 0.2) is 194 Å². The largest absolute Gasteiger partial charge is 0.416 e. The highest BCUT2D eigenvalue weighted by atomic mass is 79.9. The summed E-state index contributed by atoms with van der Waals surface area (Å²) in [5.74, 6) is 3.72. The fourth-order valence-corrected chi connectivity index (χ4v) is 12.8. The van der Waals surface area contributed by atoms with E-state index in [1.807, 2.05) is 103 Å². The van der Waals surface area contributed by atoms with Gasteiger partial charge in [-0.2, -0.15) is 33.6 Å². The Kier molecular flexibility index (Phi) is 27.6. The predicted octanol–water partition coefficient (Wildman–Crippen LogP) is 15.1. The number of pyridine rings is 3. The number of alkyl halides is 3. The Labute approximate surface area is 618 Å². The Morgan fingerprint density at radius 3 is 0.990 bits per heavy atom. The minimum Gasteiger partial charge on any atom is -0.352 e. The molecule has 4 aliphatic rings. The van der Waals surface area contributed by atoms with Crippen molar-refractivity contribution in [3.63, 3.8) is 0 Å². The molecule has 0 aliphatic carbocycles. The predicted molar refractivity (Wildman–Crippen MR) is 418 cm³/mol. The summed E-state index contributed by atoms with van der Waals surface area (Å²) in [5.41, 5.74) is 15.5. The molecule has 0 bridgehead atoms. The van der Waals surface area contributed by atoms with Gasteiger partial charge in [-0.15, -0.1) is 0 Å². The minimum absolute atomic E-state index is 0. The van der Waals surface area contributed by atoms with E-state index in [0.717, 1.165) is 223 Å². The number of aromatic amines is 4. The number of nitrogens with zero attached hydrogens (tertiary/aromatic N) is 14. The number of H-pyrrole nitrogens is 4. The second-order valence-corrected chi connectivity index (χ2v) is 25.0. The van der Waals surface area contributed by atoms with E-state index < -0.39 is 11.7 Å². The fourth-order valence-electron chi connectivity index (χ4n) is 12.4.